The predicted molar refractivity (Wildman–Crippen MR) is 131 cm³/mol. The highest BCUT2D eigenvalue weighted by Gasteiger charge is 2.12. The lowest BCUT2D eigenvalue weighted by atomic mass is 10.1. The number of hydrogen-bond acceptors (Lipinski definition) is 6. The molecule has 0 aliphatic carbocycles. The molecule has 166 valence electrons. The Balaban J connectivity index is 1.38. The maximum absolute atomic E-state index is 11.6. The molecule has 0 saturated carbocycles. The lowest BCUT2D eigenvalue weighted by molar-refractivity contribution is -0.111. The van der Waals surface area contributed by atoms with Crippen molar-refractivity contribution in [1.29, 1.82) is 0 Å². The Morgan fingerprint density at radius 1 is 1.12 bits per heavy atom. The molecule has 1 saturated heterocycles. The van der Waals surface area contributed by atoms with Gasteiger partial charge in [0.15, 0.2) is 0 Å². The Morgan fingerprint density at radius 2 is 1.94 bits per heavy atom. The van der Waals surface area contributed by atoms with Gasteiger partial charge in [0, 0.05) is 41.9 Å². The summed E-state index contributed by atoms with van der Waals surface area (Å²) in [5.74, 6) is 0.262. The summed E-state index contributed by atoms with van der Waals surface area (Å²) in [7, 11) is 0. The van der Waals surface area contributed by atoms with E-state index in [2.05, 4.69) is 44.2 Å². The van der Waals surface area contributed by atoms with Gasteiger partial charge < -0.3 is 25.3 Å². The van der Waals surface area contributed by atoms with Gasteiger partial charge in [-0.05, 0) is 48.0 Å². The second-order valence-corrected chi connectivity index (χ2v) is 7.70. The van der Waals surface area contributed by atoms with Crippen LogP contribution in [0.3, 0.4) is 0 Å². The van der Waals surface area contributed by atoms with E-state index in [9.17, 15) is 4.79 Å². The number of hydrogen-bond donors (Lipinski definition) is 3. The summed E-state index contributed by atoms with van der Waals surface area (Å²) >= 11 is 0. The van der Waals surface area contributed by atoms with Crippen LogP contribution in [0.25, 0.3) is 22.2 Å². The number of nitrogens with one attached hydrogen (secondary N) is 3. The van der Waals surface area contributed by atoms with Crippen LogP contribution >= 0.6 is 0 Å². The van der Waals surface area contributed by atoms with Gasteiger partial charge in [0.05, 0.1) is 24.9 Å². The second-order valence-electron chi connectivity index (χ2n) is 7.70. The van der Waals surface area contributed by atoms with Crippen LogP contribution in [0.15, 0.2) is 73.6 Å². The number of ether oxygens (including phenoxy) is 1. The van der Waals surface area contributed by atoms with E-state index < -0.39 is 0 Å². The van der Waals surface area contributed by atoms with Crippen LogP contribution in [-0.2, 0) is 9.53 Å². The number of aromatic nitrogens is 3. The highest BCUT2D eigenvalue weighted by Crippen LogP contribution is 2.30. The van der Waals surface area contributed by atoms with Crippen molar-refractivity contribution in [2.24, 2.45) is 0 Å². The number of benzene rings is 2. The molecule has 33 heavy (non-hydrogen) atoms. The van der Waals surface area contributed by atoms with Crippen molar-refractivity contribution in [3.8, 4) is 11.1 Å². The van der Waals surface area contributed by atoms with Gasteiger partial charge in [0.1, 0.15) is 5.52 Å². The molecule has 3 heterocycles. The molecule has 0 atom stereocenters. The maximum Gasteiger partial charge on any atom is 0.247 e. The molecule has 0 bridgehead atoms. The lowest BCUT2D eigenvalue weighted by Crippen LogP contribution is -2.36. The normalized spacial score (nSPS) is 13.6. The molecule has 3 N–H and O–H groups in total. The molecule has 5 rings (SSSR count). The fourth-order valence-corrected chi connectivity index (χ4v) is 3.86. The van der Waals surface area contributed by atoms with Gasteiger partial charge in [0.2, 0.25) is 11.9 Å². The Hall–Kier alpha value is -4.17. The van der Waals surface area contributed by atoms with Crippen molar-refractivity contribution in [1.82, 2.24) is 15.0 Å². The standard InChI is InChI=1S/C25H24N6O2/c1-2-23(32)28-19-5-3-4-17(14-19)21-15-26-22-16-27-25(30-24(21)22)29-18-6-8-20(9-7-18)31-10-12-33-13-11-31/h2-9,14-16,26H,1,10-13H2,(H,28,32)(H,27,29,30). The van der Waals surface area contributed by atoms with E-state index in [4.69, 9.17) is 9.72 Å². The van der Waals surface area contributed by atoms with Crippen molar-refractivity contribution >= 4 is 40.0 Å². The summed E-state index contributed by atoms with van der Waals surface area (Å²) in [6.45, 7) is 6.82. The number of anilines is 4. The van der Waals surface area contributed by atoms with Crippen molar-refractivity contribution < 1.29 is 9.53 Å². The molecule has 2 aromatic carbocycles. The molecule has 8 heteroatoms. The van der Waals surface area contributed by atoms with E-state index in [-0.39, 0.29) is 5.91 Å². The molecule has 4 aromatic rings. The van der Waals surface area contributed by atoms with Gasteiger partial charge in [-0.2, -0.15) is 0 Å². The largest absolute Gasteiger partial charge is 0.378 e. The molecular formula is C25H24N6O2. The highest BCUT2D eigenvalue weighted by atomic mass is 16.5. The molecule has 1 amide bonds. The molecule has 0 radical (unpaired) electrons. The first kappa shape index (κ1) is 20.7. The minimum absolute atomic E-state index is 0.250. The first-order valence-electron chi connectivity index (χ1n) is 10.8. The third-order valence-electron chi connectivity index (χ3n) is 5.54. The summed E-state index contributed by atoms with van der Waals surface area (Å²) in [6, 6.07) is 15.9. The van der Waals surface area contributed by atoms with Crippen LogP contribution < -0.4 is 15.5 Å². The summed E-state index contributed by atoms with van der Waals surface area (Å²) in [5, 5.41) is 6.08. The number of H-pyrrole nitrogens is 1. The Morgan fingerprint density at radius 3 is 2.73 bits per heavy atom. The van der Waals surface area contributed by atoms with Gasteiger partial charge in [-0.25, -0.2) is 9.97 Å². The van der Waals surface area contributed by atoms with E-state index in [1.165, 1.54) is 11.8 Å². The number of aromatic amines is 1. The van der Waals surface area contributed by atoms with Gasteiger partial charge in [-0.1, -0.05) is 18.7 Å². The summed E-state index contributed by atoms with van der Waals surface area (Å²) < 4.78 is 5.43. The van der Waals surface area contributed by atoms with E-state index in [1.54, 1.807) is 6.20 Å². The number of carbonyl (C=O) groups excluding carboxylic acids is 1. The zero-order valence-corrected chi connectivity index (χ0v) is 18.0. The van der Waals surface area contributed by atoms with E-state index in [1.807, 2.05) is 42.6 Å². The molecule has 0 unspecified atom stereocenters. The monoisotopic (exact) mass is 440 g/mol. The summed E-state index contributed by atoms with van der Waals surface area (Å²) in [5.41, 5.74) is 6.27. The van der Waals surface area contributed by atoms with Crippen LogP contribution in [0.1, 0.15) is 0 Å². The number of amides is 1. The van der Waals surface area contributed by atoms with Crippen molar-refractivity contribution in [3.05, 3.63) is 73.6 Å². The van der Waals surface area contributed by atoms with Crippen molar-refractivity contribution in [2.45, 2.75) is 0 Å². The SMILES string of the molecule is C=CC(=O)Nc1cccc(-c2c[nH]c3cnc(Nc4ccc(N5CCOCC5)cc4)nc23)c1. The maximum atomic E-state index is 11.6. The Kier molecular flexibility index (Phi) is 5.73. The van der Waals surface area contributed by atoms with Crippen molar-refractivity contribution in [3.63, 3.8) is 0 Å². The molecular weight excluding hydrogens is 416 g/mol. The number of fused-ring (bicyclic) bond motifs is 1. The van der Waals surface area contributed by atoms with Gasteiger partial charge in [-0.15, -0.1) is 0 Å². The van der Waals surface area contributed by atoms with Crippen LogP contribution in [0, 0.1) is 0 Å². The molecule has 1 aliphatic heterocycles. The number of nitrogens with zero attached hydrogens (tertiary/aromatic N) is 3. The second kappa shape index (κ2) is 9.13. The number of rotatable bonds is 6. The van der Waals surface area contributed by atoms with Crippen LogP contribution in [0.4, 0.5) is 23.0 Å². The summed E-state index contributed by atoms with van der Waals surface area (Å²) in [4.78, 5) is 26.4. The van der Waals surface area contributed by atoms with Crippen LogP contribution in [0.2, 0.25) is 0 Å². The predicted octanol–water partition coefficient (Wildman–Crippen LogP) is 4.33. The van der Waals surface area contributed by atoms with Crippen LogP contribution in [0.5, 0.6) is 0 Å². The lowest BCUT2D eigenvalue weighted by Gasteiger charge is -2.28. The fourth-order valence-electron chi connectivity index (χ4n) is 3.86. The van der Waals surface area contributed by atoms with E-state index in [0.717, 1.165) is 54.2 Å². The van der Waals surface area contributed by atoms with Gasteiger partial charge in [0.25, 0.3) is 0 Å². The molecule has 1 aliphatic rings. The highest BCUT2D eigenvalue weighted by molar-refractivity contribution is 6.00. The van der Waals surface area contributed by atoms with E-state index in [0.29, 0.717) is 11.6 Å². The fraction of sp³-hybridized carbons (Fsp3) is 0.160. The van der Waals surface area contributed by atoms with E-state index >= 15 is 0 Å². The minimum atomic E-state index is -0.250. The summed E-state index contributed by atoms with van der Waals surface area (Å²) in [6.07, 6.45) is 4.91. The zero-order valence-electron chi connectivity index (χ0n) is 18.0. The van der Waals surface area contributed by atoms with Crippen LogP contribution in [-0.4, -0.2) is 47.2 Å². The van der Waals surface area contributed by atoms with Crippen molar-refractivity contribution in [2.75, 3.05) is 41.8 Å². The van der Waals surface area contributed by atoms with Gasteiger partial charge >= 0.3 is 0 Å². The third-order valence-corrected chi connectivity index (χ3v) is 5.54. The average Bonchev–Trinajstić information content (AvgIpc) is 3.28. The average molecular weight is 441 g/mol. The smallest absolute Gasteiger partial charge is 0.247 e. The third kappa shape index (κ3) is 4.56. The quantitative estimate of drug-likeness (QED) is 0.386. The first-order valence-corrected chi connectivity index (χ1v) is 10.8. The molecule has 1 fully saturated rings. The Bertz CT molecular complexity index is 1290. The molecule has 0 spiro atoms. The number of carbonyl (C=O) groups is 1. The minimum Gasteiger partial charge on any atom is -0.378 e. The zero-order chi connectivity index (χ0) is 22.6. The van der Waals surface area contributed by atoms with Gasteiger partial charge in [-0.3, -0.25) is 4.79 Å². The topological polar surface area (TPSA) is 95.2 Å². The Labute approximate surface area is 191 Å². The molecule has 2 aromatic heterocycles. The molecule has 8 nitrogen and oxygen atoms in total. The number of morpholine rings is 1. The first-order chi connectivity index (χ1) is 16.2.